The highest BCUT2D eigenvalue weighted by molar-refractivity contribution is 7.92. The van der Waals surface area contributed by atoms with Gasteiger partial charge >= 0.3 is 0 Å². The molecule has 2 amide bonds. The summed E-state index contributed by atoms with van der Waals surface area (Å²) >= 11 is 6.14. The number of amides is 2. The number of carbonyl (C=O) groups excluding carboxylic acids is 2. The van der Waals surface area contributed by atoms with E-state index in [2.05, 4.69) is 5.32 Å². The number of methoxy groups -OCH3 is 2. The minimum Gasteiger partial charge on any atom is -0.497 e. The number of ether oxygens (including phenoxy) is 2. The minimum absolute atomic E-state index is 0.0759. The van der Waals surface area contributed by atoms with Crippen molar-refractivity contribution in [3.05, 3.63) is 53.1 Å². The van der Waals surface area contributed by atoms with E-state index in [-0.39, 0.29) is 35.0 Å². The van der Waals surface area contributed by atoms with Crippen LogP contribution in [-0.2, 0) is 26.2 Å². The molecule has 9 nitrogen and oxygen atoms in total. The summed E-state index contributed by atoms with van der Waals surface area (Å²) < 4.78 is 37.2. The molecule has 1 N–H and O–H groups in total. The van der Waals surface area contributed by atoms with Gasteiger partial charge in [-0.1, -0.05) is 36.6 Å². The van der Waals surface area contributed by atoms with Crippen LogP contribution in [0, 0.1) is 0 Å². The van der Waals surface area contributed by atoms with Crippen molar-refractivity contribution < 1.29 is 27.5 Å². The van der Waals surface area contributed by atoms with Crippen LogP contribution in [0.2, 0.25) is 5.02 Å². The Kier molecular flexibility index (Phi) is 9.67. The van der Waals surface area contributed by atoms with E-state index in [1.165, 1.54) is 24.1 Å². The number of nitrogens with zero attached hydrogens (tertiary/aromatic N) is 2. The second kappa shape index (κ2) is 12.5. The number of anilines is 1. The normalized spacial score (nSPS) is 14.6. The number of halogens is 1. The third-order valence-electron chi connectivity index (χ3n) is 6.44. The SMILES string of the molecule is COc1cccc(CN(C(=O)CN(c2cc(Cl)ccc2OC)S(C)(=O)=O)C(C)C(=O)NC2CCCC2)c1. The number of sulfonamides is 1. The minimum atomic E-state index is -3.92. The lowest BCUT2D eigenvalue weighted by Crippen LogP contribution is -2.52. The van der Waals surface area contributed by atoms with Gasteiger partial charge in [-0.3, -0.25) is 13.9 Å². The van der Waals surface area contributed by atoms with Crippen LogP contribution in [0.3, 0.4) is 0 Å². The number of nitrogens with one attached hydrogen (secondary N) is 1. The summed E-state index contributed by atoms with van der Waals surface area (Å²) in [5.74, 6) is 0.0158. The molecule has 0 aliphatic heterocycles. The van der Waals surface area contributed by atoms with Gasteiger partial charge in [-0.15, -0.1) is 0 Å². The zero-order chi connectivity index (χ0) is 27.2. The molecule has 1 unspecified atom stereocenters. The van der Waals surface area contributed by atoms with Crippen LogP contribution in [0.4, 0.5) is 5.69 Å². The zero-order valence-electron chi connectivity index (χ0n) is 21.6. The maximum absolute atomic E-state index is 13.7. The van der Waals surface area contributed by atoms with Crippen LogP contribution in [0.1, 0.15) is 38.2 Å². The van der Waals surface area contributed by atoms with Gasteiger partial charge in [0.25, 0.3) is 0 Å². The number of hydrogen-bond acceptors (Lipinski definition) is 6. The van der Waals surface area contributed by atoms with E-state index < -0.39 is 28.5 Å². The molecule has 1 atom stereocenters. The predicted octanol–water partition coefficient (Wildman–Crippen LogP) is 3.60. The summed E-state index contributed by atoms with van der Waals surface area (Å²) in [5.41, 5.74) is 0.870. The molecule has 1 fully saturated rings. The summed E-state index contributed by atoms with van der Waals surface area (Å²) in [4.78, 5) is 28.3. The molecular weight excluding hydrogens is 518 g/mol. The molecule has 0 heterocycles. The Hall–Kier alpha value is -2.98. The number of benzene rings is 2. The van der Waals surface area contributed by atoms with Crippen molar-refractivity contribution in [2.75, 3.05) is 31.3 Å². The van der Waals surface area contributed by atoms with E-state index in [9.17, 15) is 18.0 Å². The molecule has 0 saturated heterocycles. The number of hydrogen-bond donors (Lipinski definition) is 1. The molecule has 0 radical (unpaired) electrons. The number of carbonyl (C=O) groups is 2. The van der Waals surface area contributed by atoms with Crippen molar-refractivity contribution in [1.82, 2.24) is 10.2 Å². The number of rotatable bonds is 11. The van der Waals surface area contributed by atoms with Crippen LogP contribution in [0.5, 0.6) is 11.5 Å². The molecule has 0 spiro atoms. The average Bonchev–Trinajstić information content (AvgIpc) is 3.37. The Balaban J connectivity index is 1.94. The van der Waals surface area contributed by atoms with E-state index in [1.54, 1.807) is 38.3 Å². The van der Waals surface area contributed by atoms with Crippen molar-refractivity contribution in [3.8, 4) is 11.5 Å². The van der Waals surface area contributed by atoms with Gasteiger partial charge in [0.2, 0.25) is 21.8 Å². The molecular formula is C26H34ClN3O6S. The second-order valence-corrected chi connectivity index (χ2v) is 11.5. The molecule has 11 heteroatoms. The van der Waals surface area contributed by atoms with Gasteiger partial charge in [-0.25, -0.2) is 8.42 Å². The molecule has 1 aliphatic rings. The van der Waals surface area contributed by atoms with Crippen molar-refractivity contribution in [2.24, 2.45) is 0 Å². The van der Waals surface area contributed by atoms with Gasteiger partial charge in [-0.05, 0) is 55.7 Å². The molecule has 0 bridgehead atoms. The van der Waals surface area contributed by atoms with E-state index in [0.717, 1.165) is 41.8 Å². The maximum atomic E-state index is 13.7. The highest BCUT2D eigenvalue weighted by Gasteiger charge is 2.32. The zero-order valence-corrected chi connectivity index (χ0v) is 23.1. The first-order valence-electron chi connectivity index (χ1n) is 12.1. The van der Waals surface area contributed by atoms with Gasteiger partial charge in [0.1, 0.15) is 24.1 Å². The summed E-state index contributed by atoms with van der Waals surface area (Å²) in [5, 5.41) is 3.32. The van der Waals surface area contributed by atoms with Gasteiger partial charge < -0.3 is 19.7 Å². The van der Waals surface area contributed by atoms with Crippen molar-refractivity contribution >= 4 is 39.1 Å². The van der Waals surface area contributed by atoms with Crippen LogP contribution in [-0.4, -0.2) is 64.2 Å². The fourth-order valence-corrected chi connectivity index (χ4v) is 5.41. The van der Waals surface area contributed by atoms with Gasteiger partial charge in [0.15, 0.2) is 0 Å². The predicted molar refractivity (Wildman–Crippen MR) is 144 cm³/mol. The Morgan fingerprint density at radius 1 is 1.11 bits per heavy atom. The summed E-state index contributed by atoms with van der Waals surface area (Å²) in [6.45, 7) is 1.19. The van der Waals surface area contributed by atoms with Gasteiger partial charge in [0.05, 0.1) is 26.2 Å². The molecule has 1 saturated carbocycles. The third-order valence-corrected chi connectivity index (χ3v) is 7.81. The summed E-state index contributed by atoms with van der Waals surface area (Å²) in [6.07, 6.45) is 4.91. The van der Waals surface area contributed by atoms with E-state index >= 15 is 0 Å². The smallest absolute Gasteiger partial charge is 0.244 e. The molecule has 0 aromatic heterocycles. The molecule has 37 heavy (non-hydrogen) atoms. The summed E-state index contributed by atoms with van der Waals surface area (Å²) in [7, 11) is -0.971. The summed E-state index contributed by atoms with van der Waals surface area (Å²) in [6, 6.07) is 10.9. The van der Waals surface area contributed by atoms with E-state index in [1.807, 2.05) is 6.07 Å². The fourth-order valence-electron chi connectivity index (χ4n) is 4.39. The molecule has 2 aromatic rings. The lowest BCUT2D eigenvalue weighted by Gasteiger charge is -2.32. The monoisotopic (exact) mass is 551 g/mol. The Labute approximate surface area is 223 Å². The average molecular weight is 552 g/mol. The topological polar surface area (TPSA) is 105 Å². The highest BCUT2D eigenvalue weighted by Crippen LogP contribution is 2.33. The largest absolute Gasteiger partial charge is 0.497 e. The van der Waals surface area contributed by atoms with Gasteiger partial charge in [0, 0.05) is 17.6 Å². The van der Waals surface area contributed by atoms with Crippen molar-refractivity contribution in [3.63, 3.8) is 0 Å². The first-order chi connectivity index (χ1) is 17.5. The van der Waals surface area contributed by atoms with Gasteiger partial charge in [-0.2, -0.15) is 0 Å². The molecule has 3 rings (SSSR count). The Morgan fingerprint density at radius 2 is 1.81 bits per heavy atom. The Morgan fingerprint density at radius 3 is 2.43 bits per heavy atom. The molecule has 2 aromatic carbocycles. The fraction of sp³-hybridized carbons (Fsp3) is 0.462. The Bertz CT molecular complexity index is 1220. The highest BCUT2D eigenvalue weighted by atomic mass is 35.5. The third kappa shape index (κ3) is 7.52. The van der Waals surface area contributed by atoms with Crippen LogP contribution in [0.25, 0.3) is 0 Å². The first-order valence-corrected chi connectivity index (χ1v) is 14.3. The maximum Gasteiger partial charge on any atom is 0.244 e. The lowest BCUT2D eigenvalue weighted by atomic mass is 10.1. The van der Waals surface area contributed by atoms with Crippen LogP contribution in [0.15, 0.2) is 42.5 Å². The lowest BCUT2D eigenvalue weighted by molar-refractivity contribution is -0.139. The standard InChI is InChI=1S/C26H34ClN3O6S/c1-18(26(32)28-21-9-5-6-10-21)29(16-19-8-7-11-22(14-19)35-2)25(31)17-30(37(4,33)34)23-15-20(27)12-13-24(23)36-3/h7-8,11-15,18,21H,5-6,9-10,16-17H2,1-4H3,(H,28,32). The van der Waals surface area contributed by atoms with Crippen LogP contribution < -0.4 is 19.1 Å². The molecule has 202 valence electrons. The van der Waals surface area contributed by atoms with E-state index in [4.69, 9.17) is 21.1 Å². The van der Waals surface area contributed by atoms with Crippen molar-refractivity contribution in [1.29, 1.82) is 0 Å². The first kappa shape index (κ1) is 28.6. The van der Waals surface area contributed by atoms with E-state index in [0.29, 0.717) is 5.75 Å². The molecule has 1 aliphatic carbocycles. The van der Waals surface area contributed by atoms with Crippen LogP contribution >= 0.6 is 11.6 Å². The second-order valence-electron chi connectivity index (χ2n) is 9.12. The van der Waals surface area contributed by atoms with Crippen molar-refractivity contribution in [2.45, 2.75) is 51.2 Å². The quantitative estimate of drug-likeness (QED) is 0.457.